The Morgan fingerprint density at radius 1 is 1.39 bits per heavy atom. The number of carbonyl (C=O) groups is 3. The van der Waals surface area contributed by atoms with Crippen LogP contribution >= 0.6 is 23.5 Å². The fourth-order valence-corrected chi connectivity index (χ4v) is 6.35. The van der Waals surface area contributed by atoms with Gasteiger partial charge in [-0.3, -0.25) is 9.59 Å². The lowest BCUT2D eigenvalue weighted by molar-refractivity contribution is -0.167. The predicted molar refractivity (Wildman–Crippen MR) is 107 cm³/mol. The summed E-state index contributed by atoms with van der Waals surface area (Å²) in [5.41, 5.74) is -1.15. The Balaban J connectivity index is 1.74. The van der Waals surface area contributed by atoms with Crippen LogP contribution in [-0.4, -0.2) is 54.7 Å². The Hall–Kier alpha value is -1.74. The molecule has 2 heterocycles. The van der Waals surface area contributed by atoms with Gasteiger partial charge in [0, 0.05) is 9.64 Å². The molecule has 152 valence electrons. The third-order valence-corrected chi connectivity index (χ3v) is 8.24. The zero-order valence-corrected chi connectivity index (χ0v) is 17.7. The van der Waals surface area contributed by atoms with Crippen LogP contribution in [-0.2, 0) is 14.4 Å². The van der Waals surface area contributed by atoms with Crippen LogP contribution < -0.4 is 5.32 Å². The molecule has 1 aromatic carbocycles. The molecule has 28 heavy (non-hydrogen) atoms. The van der Waals surface area contributed by atoms with Gasteiger partial charge in [-0.2, -0.15) is 0 Å². The zero-order valence-electron chi connectivity index (χ0n) is 16.1. The molecule has 6 nitrogen and oxygen atoms in total. The van der Waals surface area contributed by atoms with Gasteiger partial charge in [0.1, 0.15) is 22.8 Å². The topological polar surface area (TPSA) is 86.7 Å². The fourth-order valence-electron chi connectivity index (χ4n) is 3.70. The van der Waals surface area contributed by atoms with Crippen LogP contribution in [0.2, 0.25) is 0 Å². The lowest BCUT2D eigenvalue weighted by Crippen LogP contribution is -2.78. The molecule has 0 radical (unpaired) electrons. The summed E-state index contributed by atoms with van der Waals surface area (Å²) in [6.07, 6.45) is 0.502. The van der Waals surface area contributed by atoms with Gasteiger partial charge in [0.05, 0.1) is 5.25 Å². The Kier molecular flexibility index (Phi) is 5.44. The van der Waals surface area contributed by atoms with E-state index in [2.05, 4.69) is 5.32 Å². The number of β-lactam (4-membered cyclic amide) rings is 1. The number of halogens is 1. The van der Waals surface area contributed by atoms with Crippen LogP contribution in [0.4, 0.5) is 4.39 Å². The smallest absolute Gasteiger partial charge is 0.327 e. The molecule has 2 aliphatic rings. The molecule has 0 spiro atoms. The number of thioether (sulfide) groups is 2. The van der Waals surface area contributed by atoms with Crippen molar-refractivity contribution >= 4 is 41.3 Å². The van der Waals surface area contributed by atoms with Crippen LogP contribution in [0.3, 0.4) is 0 Å². The minimum absolute atomic E-state index is 0.315. The molecule has 9 heteroatoms. The van der Waals surface area contributed by atoms with Gasteiger partial charge in [-0.1, -0.05) is 13.0 Å². The fraction of sp³-hybridized carbons (Fsp3) is 0.526. The van der Waals surface area contributed by atoms with E-state index in [9.17, 15) is 23.9 Å². The highest BCUT2D eigenvalue weighted by atomic mass is 32.2. The molecule has 0 aliphatic carbocycles. The first-order valence-electron chi connectivity index (χ1n) is 8.99. The molecule has 1 aromatic rings. The number of aliphatic carboxylic acids is 1. The molecule has 2 aliphatic heterocycles. The van der Waals surface area contributed by atoms with Gasteiger partial charge in [-0.15, -0.1) is 23.5 Å². The molecule has 2 saturated heterocycles. The lowest BCUT2D eigenvalue weighted by Gasteiger charge is -2.51. The number of nitrogens with one attached hydrogen (secondary N) is 1. The van der Waals surface area contributed by atoms with E-state index >= 15 is 0 Å². The Morgan fingerprint density at radius 2 is 2.07 bits per heavy atom. The highest BCUT2D eigenvalue weighted by molar-refractivity contribution is 8.01. The number of benzene rings is 1. The third kappa shape index (κ3) is 3.39. The first kappa shape index (κ1) is 21.0. The standard InChI is InChI=1S/C19H23FN2O4S2/c1-5-12(27-11-8-6-7-10(20)9-11)14(23)21-19(4)16(26)22-13(15(24)25)18(2,3)28-17(19)22/h6-9,12-13,17H,5H2,1-4H3,(H,21,23)(H,24,25)/t12?,13-,17+,19-/m0/s1. The number of hydrogen-bond acceptors (Lipinski definition) is 5. The molecular weight excluding hydrogens is 403 g/mol. The van der Waals surface area contributed by atoms with E-state index in [-0.39, 0.29) is 17.6 Å². The Labute approximate surface area is 171 Å². The van der Waals surface area contributed by atoms with Crippen LogP contribution in [0, 0.1) is 5.82 Å². The van der Waals surface area contributed by atoms with Gasteiger partial charge in [-0.05, 0) is 45.4 Å². The molecule has 2 N–H and O–H groups in total. The van der Waals surface area contributed by atoms with Crippen LogP contribution in [0.25, 0.3) is 0 Å². The summed E-state index contributed by atoms with van der Waals surface area (Å²) in [4.78, 5) is 39.3. The molecule has 0 aromatic heterocycles. The average Bonchev–Trinajstić information content (AvgIpc) is 2.89. The van der Waals surface area contributed by atoms with Crippen molar-refractivity contribution in [2.45, 2.75) is 66.0 Å². The van der Waals surface area contributed by atoms with Crippen molar-refractivity contribution in [1.82, 2.24) is 10.2 Å². The van der Waals surface area contributed by atoms with Gasteiger partial charge in [0.2, 0.25) is 5.91 Å². The monoisotopic (exact) mass is 426 g/mol. The Morgan fingerprint density at radius 3 is 2.64 bits per heavy atom. The molecule has 2 amide bonds. The number of carbonyl (C=O) groups excluding carboxylic acids is 2. The summed E-state index contributed by atoms with van der Waals surface area (Å²) in [5.74, 6) is -2.12. The number of rotatable bonds is 6. The number of amides is 2. The predicted octanol–water partition coefficient (Wildman–Crippen LogP) is 2.72. The molecule has 0 saturated carbocycles. The van der Waals surface area contributed by atoms with Gasteiger partial charge in [0.15, 0.2) is 0 Å². The summed E-state index contributed by atoms with van der Waals surface area (Å²) in [6.45, 7) is 7.07. The number of carboxylic acid groups (broad SMARTS) is 1. The molecular formula is C19H23FN2O4S2. The number of nitrogens with zero attached hydrogens (tertiary/aromatic N) is 1. The maximum Gasteiger partial charge on any atom is 0.327 e. The molecule has 2 fully saturated rings. The molecule has 4 atom stereocenters. The second-order valence-corrected chi connectivity index (χ2v) is 10.7. The number of fused-ring (bicyclic) bond motifs is 1. The van der Waals surface area contributed by atoms with Crippen LogP contribution in [0.5, 0.6) is 0 Å². The zero-order chi connectivity index (χ0) is 20.9. The van der Waals surface area contributed by atoms with Crippen molar-refractivity contribution in [2.75, 3.05) is 0 Å². The largest absolute Gasteiger partial charge is 0.480 e. The first-order valence-corrected chi connectivity index (χ1v) is 10.7. The summed E-state index contributed by atoms with van der Waals surface area (Å²) < 4.78 is 12.8. The van der Waals surface area contributed by atoms with E-state index in [1.165, 1.54) is 40.6 Å². The van der Waals surface area contributed by atoms with E-state index in [0.29, 0.717) is 11.3 Å². The summed E-state index contributed by atoms with van der Waals surface area (Å²) in [5, 5.41) is 11.4. The summed E-state index contributed by atoms with van der Waals surface area (Å²) in [7, 11) is 0. The number of hydrogen-bond donors (Lipinski definition) is 2. The van der Waals surface area contributed by atoms with Crippen molar-refractivity contribution in [2.24, 2.45) is 0 Å². The van der Waals surface area contributed by atoms with E-state index in [4.69, 9.17) is 0 Å². The van der Waals surface area contributed by atoms with Gasteiger partial charge >= 0.3 is 5.97 Å². The van der Waals surface area contributed by atoms with Crippen molar-refractivity contribution in [3.05, 3.63) is 30.1 Å². The van der Waals surface area contributed by atoms with Gasteiger partial charge in [0.25, 0.3) is 5.91 Å². The van der Waals surface area contributed by atoms with Crippen molar-refractivity contribution in [1.29, 1.82) is 0 Å². The Bertz CT molecular complexity index is 834. The second kappa shape index (κ2) is 7.26. The van der Waals surface area contributed by atoms with Crippen molar-refractivity contribution in [3.63, 3.8) is 0 Å². The third-order valence-electron chi connectivity index (χ3n) is 5.13. The highest BCUT2D eigenvalue weighted by Gasteiger charge is 2.70. The van der Waals surface area contributed by atoms with E-state index in [1.54, 1.807) is 32.9 Å². The lowest BCUT2D eigenvalue weighted by atomic mass is 9.86. The van der Waals surface area contributed by atoms with Crippen molar-refractivity contribution < 1.29 is 23.9 Å². The van der Waals surface area contributed by atoms with Crippen LogP contribution in [0.15, 0.2) is 29.2 Å². The number of carboxylic acids is 1. The normalized spacial score (nSPS) is 29.0. The van der Waals surface area contributed by atoms with E-state index in [1.807, 2.05) is 6.92 Å². The summed E-state index contributed by atoms with van der Waals surface area (Å²) in [6, 6.07) is 5.09. The van der Waals surface area contributed by atoms with Crippen LogP contribution in [0.1, 0.15) is 34.1 Å². The quantitative estimate of drug-likeness (QED) is 0.537. The van der Waals surface area contributed by atoms with Crippen molar-refractivity contribution in [3.8, 4) is 0 Å². The van der Waals surface area contributed by atoms with Gasteiger partial charge < -0.3 is 15.3 Å². The molecule has 1 unspecified atom stereocenters. The van der Waals surface area contributed by atoms with E-state index in [0.717, 1.165) is 0 Å². The second-order valence-electron chi connectivity index (χ2n) is 7.69. The maximum atomic E-state index is 13.4. The average molecular weight is 427 g/mol. The molecule has 3 rings (SSSR count). The minimum Gasteiger partial charge on any atom is -0.480 e. The van der Waals surface area contributed by atoms with Gasteiger partial charge in [-0.25, -0.2) is 9.18 Å². The van der Waals surface area contributed by atoms with E-state index < -0.39 is 32.9 Å². The highest BCUT2D eigenvalue weighted by Crippen LogP contribution is 2.54. The maximum absolute atomic E-state index is 13.4. The first-order chi connectivity index (χ1) is 13.0. The molecule has 0 bridgehead atoms. The SMILES string of the molecule is CCC(Sc1cccc(F)c1)C(=O)N[C@@]1(C)C(=O)N2[C@@H](C(=O)O)C(C)(C)S[C@@H]21. The summed E-state index contributed by atoms with van der Waals surface area (Å²) >= 11 is 2.63. The minimum atomic E-state index is -1.15.